The van der Waals surface area contributed by atoms with Crippen LogP contribution in [0, 0.1) is 5.92 Å². The normalized spacial score (nSPS) is 28.8. The van der Waals surface area contributed by atoms with E-state index in [1.807, 2.05) is 0 Å². The van der Waals surface area contributed by atoms with Crippen molar-refractivity contribution in [3.8, 4) is 0 Å². The molecule has 2 N–H and O–H groups in total. The molecule has 25 heavy (non-hydrogen) atoms. The van der Waals surface area contributed by atoms with Crippen LogP contribution in [0.1, 0.15) is 32.6 Å². The number of β-amino-alcohol motifs (C(OH)–C–C–N with tert-alkyl or cyclic N) is 1. The number of aliphatic hydroxyl groups is 1. The SMILES string of the molecule is COCCNC(=O)C1CCC(C)N(CC(O)COCC2CCCO2)C1. The van der Waals surface area contributed by atoms with Crippen LogP contribution in [-0.4, -0.2) is 87.3 Å². The Hall–Kier alpha value is -0.730. The molecular weight excluding hydrogens is 324 g/mol. The van der Waals surface area contributed by atoms with Crippen molar-refractivity contribution in [1.29, 1.82) is 0 Å². The van der Waals surface area contributed by atoms with Gasteiger partial charge in [0.25, 0.3) is 0 Å². The fraction of sp³-hybridized carbons (Fsp3) is 0.944. The van der Waals surface area contributed by atoms with Gasteiger partial charge in [0.1, 0.15) is 0 Å². The van der Waals surface area contributed by atoms with Crippen LogP contribution in [0.25, 0.3) is 0 Å². The molecule has 0 spiro atoms. The zero-order valence-corrected chi connectivity index (χ0v) is 15.6. The number of methoxy groups -OCH3 is 1. The molecule has 1 amide bonds. The second kappa shape index (κ2) is 11.1. The van der Waals surface area contributed by atoms with Crippen molar-refractivity contribution in [3.05, 3.63) is 0 Å². The third-order valence-corrected chi connectivity index (χ3v) is 5.07. The van der Waals surface area contributed by atoms with Crippen LogP contribution in [0.3, 0.4) is 0 Å². The van der Waals surface area contributed by atoms with Gasteiger partial charge in [-0.2, -0.15) is 0 Å². The van der Waals surface area contributed by atoms with Crippen LogP contribution < -0.4 is 5.32 Å². The average Bonchev–Trinajstić information content (AvgIpc) is 3.10. The van der Waals surface area contributed by atoms with Crippen LogP contribution >= 0.6 is 0 Å². The second-order valence-electron chi connectivity index (χ2n) is 7.19. The molecule has 2 fully saturated rings. The number of amides is 1. The molecule has 2 aliphatic heterocycles. The summed E-state index contributed by atoms with van der Waals surface area (Å²) in [6, 6.07) is 0.371. The van der Waals surface area contributed by atoms with Gasteiger partial charge in [0, 0.05) is 39.4 Å². The fourth-order valence-electron chi connectivity index (χ4n) is 3.50. The van der Waals surface area contributed by atoms with E-state index >= 15 is 0 Å². The first-order chi connectivity index (χ1) is 12.1. The third kappa shape index (κ3) is 7.19. The maximum absolute atomic E-state index is 12.2. The van der Waals surface area contributed by atoms with E-state index < -0.39 is 6.10 Å². The van der Waals surface area contributed by atoms with Crippen molar-refractivity contribution in [2.24, 2.45) is 5.92 Å². The molecule has 4 unspecified atom stereocenters. The van der Waals surface area contributed by atoms with E-state index in [1.54, 1.807) is 7.11 Å². The van der Waals surface area contributed by atoms with Crippen molar-refractivity contribution in [3.63, 3.8) is 0 Å². The van der Waals surface area contributed by atoms with Crippen LogP contribution in [0.2, 0.25) is 0 Å². The van der Waals surface area contributed by atoms with Gasteiger partial charge < -0.3 is 24.6 Å². The van der Waals surface area contributed by atoms with Gasteiger partial charge in [-0.1, -0.05) is 0 Å². The van der Waals surface area contributed by atoms with E-state index in [1.165, 1.54) is 0 Å². The number of rotatable bonds is 10. The summed E-state index contributed by atoms with van der Waals surface area (Å²) >= 11 is 0. The summed E-state index contributed by atoms with van der Waals surface area (Å²) in [5, 5.41) is 13.2. The highest BCUT2D eigenvalue weighted by molar-refractivity contribution is 5.78. The summed E-state index contributed by atoms with van der Waals surface area (Å²) in [6.45, 7) is 6.12. The lowest BCUT2D eigenvalue weighted by Crippen LogP contribution is -2.50. The zero-order chi connectivity index (χ0) is 18.1. The Morgan fingerprint density at radius 3 is 2.96 bits per heavy atom. The first kappa shape index (κ1) is 20.6. The van der Waals surface area contributed by atoms with Gasteiger partial charge >= 0.3 is 0 Å². The van der Waals surface area contributed by atoms with Crippen LogP contribution in [0.5, 0.6) is 0 Å². The Morgan fingerprint density at radius 1 is 1.40 bits per heavy atom. The number of carbonyl (C=O) groups excluding carboxylic acids is 1. The van der Waals surface area contributed by atoms with E-state index in [2.05, 4.69) is 17.1 Å². The summed E-state index contributed by atoms with van der Waals surface area (Å²) in [5.74, 6) is 0.0612. The number of nitrogens with zero attached hydrogens (tertiary/aromatic N) is 1. The molecular formula is C18H34N2O5. The van der Waals surface area contributed by atoms with Gasteiger partial charge in [-0.05, 0) is 32.6 Å². The average molecular weight is 358 g/mol. The van der Waals surface area contributed by atoms with Crippen LogP contribution in [0.15, 0.2) is 0 Å². The summed E-state index contributed by atoms with van der Waals surface area (Å²) < 4.78 is 16.1. The minimum atomic E-state index is -0.542. The Kier molecular flexibility index (Phi) is 9.12. The predicted molar refractivity (Wildman–Crippen MR) is 94.4 cm³/mol. The summed E-state index contributed by atoms with van der Waals surface area (Å²) in [6.07, 6.45) is 3.63. The maximum Gasteiger partial charge on any atom is 0.224 e. The molecule has 0 aliphatic carbocycles. The van der Waals surface area contributed by atoms with E-state index in [0.29, 0.717) is 45.5 Å². The molecule has 2 heterocycles. The molecule has 0 radical (unpaired) electrons. The number of carbonyl (C=O) groups is 1. The van der Waals surface area contributed by atoms with Crippen LogP contribution in [0.4, 0.5) is 0 Å². The van der Waals surface area contributed by atoms with E-state index in [-0.39, 0.29) is 17.9 Å². The Labute approximate surface area is 151 Å². The number of aliphatic hydroxyl groups excluding tert-OH is 1. The number of hydrogen-bond donors (Lipinski definition) is 2. The minimum Gasteiger partial charge on any atom is -0.389 e. The van der Waals surface area contributed by atoms with E-state index in [9.17, 15) is 9.90 Å². The molecule has 2 aliphatic rings. The third-order valence-electron chi connectivity index (χ3n) is 5.07. The smallest absolute Gasteiger partial charge is 0.224 e. The molecule has 0 aromatic carbocycles. The maximum atomic E-state index is 12.2. The lowest BCUT2D eigenvalue weighted by molar-refractivity contribution is -0.127. The summed E-state index contributed by atoms with van der Waals surface area (Å²) in [5.41, 5.74) is 0. The molecule has 0 saturated carbocycles. The number of likely N-dealkylation sites (tertiary alicyclic amines) is 1. The van der Waals surface area contributed by atoms with Gasteiger partial charge in [0.05, 0.1) is 37.9 Å². The second-order valence-corrected chi connectivity index (χ2v) is 7.19. The monoisotopic (exact) mass is 358 g/mol. The van der Waals surface area contributed by atoms with Crippen molar-refractivity contribution in [2.45, 2.75) is 50.9 Å². The molecule has 2 rings (SSSR count). The lowest BCUT2D eigenvalue weighted by atomic mass is 9.92. The number of ether oxygens (including phenoxy) is 3. The standard InChI is InChI=1S/C18H34N2O5/c1-14-5-6-15(18(22)19-7-9-23-2)10-20(14)11-16(21)12-24-13-17-4-3-8-25-17/h14-17,21H,3-13H2,1-2H3,(H,19,22). The minimum absolute atomic E-state index is 0.0203. The molecule has 4 atom stereocenters. The molecule has 0 aromatic heterocycles. The topological polar surface area (TPSA) is 80.3 Å². The van der Waals surface area contributed by atoms with Gasteiger partial charge in [-0.15, -0.1) is 0 Å². The molecule has 0 aromatic rings. The summed E-state index contributed by atoms with van der Waals surface area (Å²) in [4.78, 5) is 14.4. The molecule has 146 valence electrons. The van der Waals surface area contributed by atoms with E-state index in [0.717, 1.165) is 32.3 Å². The number of nitrogens with one attached hydrogen (secondary N) is 1. The van der Waals surface area contributed by atoms with Gasteiger partial charge in [0.15, 0.2) is 0 Å². The predicted octanol–water partition coefficient (Wildman–Crippen LogP) is 0.406. The highest BCUT2D eigenvalue weighted by Crippen LogP contribution is 2.22. The van der Waals surface area contributed by atoms with Crippen LogP contribution in [-0.2, 0) is 19.0 Å². The van der Waals surface area contributed by atoms with Gasteiger partial charge in [-0.25, -0.2) is 0 Å². The van der Waals surface area contributed by atoms with Crippen molar-refractivity contribution < 1.29 is 24.1 Å². The summed E-state index contributed by atoms with van der Waals surface area (Å²) in [7, 11) is 1.62. The van der Waals surface area contributed by atoms with Gasteiger partial charge in [0.2, 0.25) is 5.91 Å². The first-order valence-corrected chi connectivity index (χ1v) is 9.48. The van der Waals surface area contributed by atoms with Crippen molar-refractivity contribution in [1.82, 2.24) is 10.2 Å². The largest absolute Gasteiger partial charge is 0.389 e. The number of piperidine rings is 1. The van der Waals surface area contributed by atoms with Crippen molar-refractivity contribution in [2.75, 3.05) is 53.2 Å². The molecule has 0 bridgehead atoms. The quantitative estimate of drug-likeness (QED) is 0.551. The van der Waals surface area contributed by atoms with Crippen molar-refractivity contribution >= 4 is 5.91 Å². The van der Waals surface area contributed by atoms with E-state index in [4.69, 9.17) is 14.2 Å². The highest BCUT2D eigenvalue weighted by atomic mass is 16.5. The number of hydrogen-bond acceptors (Lipinski definition) is 6. The zero-order valence-electron chi connectivity index (χ0n) is 15.6. The Morgan fingerprint density at radius 2 is 2.24 bits per heavy atom. The Bertz CT molecular complexity index is 390. The molecule has 7 nitrogen and oxygen atoms in total. The lowest BCUT2D eigenvalue weighted by Gasteiger charge is -2.38. The van der Waals surface area contributed by atoms with Gasteiger partial charge in [-0.3, -0.25) is 9.69 Å². The highest BCUT2D eigenvalue weighted by Gasteiger charge is 2.30. The first-order valence-electron chi connectivity index (χ1n) is 9.48. The fourth-order valence-corrected chi connectivity index (χ4v) is 3.50. The molecule has 7 heteroatoms. The molecule has 2 saturated heterocycles. The Balaban J connectivity index is 1.68.